The molecule has 2 aromatic carbocycles. The molecule has 7 heteroatoms. The van der Waals surface area contributed by atoms with Crippen LogP contribution < -0.4 is 9.47 Å². The zero-order chi connectivity index (χ0) is 21.6. The number of aromatic nitrogens is 3. The third-order valence-electron chi connectivity index (χ3n) is 4.86. The summed E-state index contributed by atoms with van der Waals surface area (Å²) in [7, 11) is 1.64. The van der Waals surface area contributed by atoms with E-state index in [2.05, 4.69) is 9.97 Å². The van der Waals surface area contributed by atoms with Crippen LogP contribution in [-0.4, -0.2) is 28.7 Å². The molecule has 4 rings (SSSR count). The lowest BCUT2D eigenvalue weighted by Gasteiger charge is -2.10. The van der Waals surface area contributed by atoms with Crippen LogP contribution in [0.3, 0.4) is 0 Å². The van der Waals surface area contributed by atoms with E-state index in [1.54, 1.807) is 13.3 Å². The maximum atomic E-state index is 6.11. The number of oxazole rings is 1. The number of unbranched alkanes of at least 4 members (excludes halogenated alkanes) is 1. The fourth-order valence-corrected chi connectivity index (χ4v) is 3.43. The van der Waals surface area contributed by atoms with Gasteiger partial charge in [-0.25, -0.2) is 9.97 Å². The van der Waals surface area contributed by atoms with E-state index in [0.717, 1.165) is 53.6 Å². The molecule has 0 atom stereocenters. The fourth-order valence-electron chi connectivity index (χ4n) is 3.30. The van der Waals surface area contributed by atoms with Crippen molar-refractivity contribution in [2.75, 3.05) is 13.7 Å². The molecule has 0 unspecified atom stereocenters. The molecule has 2 heterocycles. The van der Waals surface area contributed by atoms with Crippen LogP contribution in [0.1, 0.15) is 24.4 Å². The Hall–Kier alpha value is -3.25. The molecular formula is C24H24ClN3O3. The van der Waals surface area contributed by atoms with Crippen LogP contribution in [0.2, 0.25) is 5.02 Å². The van der Waals surface area contributed by atoms with Crippen LogP contribution in [0.4, 0.5) is 0 Å². The van der Waals surface area contributed by atoms with E-state index in [4.69, 9.17) is 30.5 Å². The van der Waals surface area contributed by atoms with E-state index in [0.29, 0.717) is 23.2 Å². The first-order valence-electron chi connectivity index (χ1n) is 10.2. The molecule has 0 aliphatic carbocycles. The second-order valence-electron chi connectivity index (χ2n) is 7.13. The van der Waals surface area contributed by atoms with Crippen LogP contribution in [0, 0.1) is 6.92 Å². The minimum absolute atomic E-state index is 0.509. The van der Waals surface area contributed by atoms with Crippen molar-refractivity contribution < 1.29 is 13.9 Å². The second kappa shape index (κ2) is 9.71. The molecule has 0 saturated heterocycles. The lowest BCUT2D eigenvalue weighted by molar-refractivity contribution is 0.285. The molecule has 0 aliphatic rings. The molecule has 0 bridgehead atoms. The van der Waals surface area contributed by atoms with Gasteiger partial charge < -0.3 is 18.9 Å². The fraction of sp³-hybridized carbons (Fsp3) is 0.250. The summed E-state index contributed by atoms with van der Waals surface area (Å²) >= 11 is 6.05. The Kier molecular flexibility index (Phi) is 6.57. The number of aryl methyl sites for hydroxylation is 2. The van der Waals surface area contributed by atoms with Gasteiger partial charge in [-0.1, -0.05) is 35.9 Å². The maximum absolute atomic E-state index is 6.11. The lowest BCUT2D eigenvalue weighted by Crippen LogP contribution is -2.00. The quantitative estimate of drug-likeness (QED) is 0.320. The highest BCUT2D eigenvalue weighted by atomic mass is 35.5. The van der Waals surface area contributed by atoms with E-state index in [1.165, 1.54) is 0 Å². The molecule has 6 nitrogen and oxygen atoms in total. The maximum Gasteiger partial charge on any atom is 0.247 e. The molecule has 160 valence electrons. The molecule has 0 fully saturated rings. The van der Waals surface area contributed by atoms with Crippen molar-refractivity contribution in [1.82, 2.24) is 15.0 Å². The predicted molar refractivity (Wildman–Crippen MR) is 121 cm³/mol. The predicted octanol–water partition coefficient (Wildman–Crippen LogP) is 6.10. The summed E-state index contributed by atoms with van der Waals surface area (Å²) in [5.41, 5.74) is 2.48. The number of hydrogen-bond donors (Lipinski definition) is 1. The summed E-state index contributed by atoms with van der Waals surface area (Å²) in [5.74, 6) is 3.64. The number of ether oxygens (including phenoxy) is 2. The Morgan fingerprint density at radius 3 is 2.48 bits per heavy atom. The molecule has 0 radical (unpaired) electrons. The number of benzene rings is 2. The number of H-pyrrole nitrogens is 1. The SMILES string of the molecule is COc1ccccc1OCCCCc1oc(-c2c[nH]c(C)n2)nc1-c1ccc(Cl)cc1. The molecular weight excluding hydrogens is 414 g/mol. The van der Waals surface area contributed by atoms with E-state index < -0.39 is 0 Å². The minimum Gasteiger partial charge on any atom is -0.493 e. The standard InChI is InChI=1S/C24H24ClN3O3/c1-16-26-15-19(27-16)24-28-23(17-10-12-18(25)13-11-17)22(31-24)9-5-6-14-30-21-8-4-3-7-20(21)29-2/h3-4,7-8,10-13,15H,5-6,9,14H2,1-2H3,(H,26,27). The highest BCUT2D eigenvalue weighted by molar-refractivity contribution is 6.30. The van der Waals surface area contributed by atoms with Crippen molar-refractivity contribution >= 4 is 11.6 Å². The number of nitrogens with zero attached hydrogens (tertiary/aromatic N) is 2. The van der Waals surface area contributed by atoms with Crippen molar-refractivity contribution in [3.63, 3.8) is 0 Å². The molecule has 0 aliphatic heterocycles. The number of aromatic amines is 1. The van der Waals surface area contributed by atoms with Crippen LogP contribution in [-0.2, 0) is 6.42 Å². The van der Waals surface area contributed by atoms with E-state index in [1.807, 2.05) is 55.5 Å². The topological polar surface area (TPSA) is 73.2 Å². The summed E-state index contributed by atoms with van der Waals surface area (Å²) in [5, 5.41) is 0.686. The van der Waals surface area contributed by atoms with Crippen molar-refractivity contribution in [2.24, 2.45) is 0 Å². The smallest absolute Gasteiger partial charge is 0.247 e. The molecule has 2 aromatic heterocycles. The van der Waals surface area contributed by atoms with Crippen molar-refractivity contribution in [3.05, 3.63) is 71.3 Å². The molecule has 0 spiro atoms. The van der Waals surface area contributed by atoms with Gasteiger partial charge in [-0.15, -0.1) is 0 Å². The van der Waals surface area contributed by atoms with Gasteiger partial charge >= 0.3 is 0 Å². The third-order valence-corrected chi connectivity index (χ3v) is 5.12. The number of rotatable bonds is 9. The van der Waals surface area contributed by atoms with Gasteiger partial charge in [0, 0.05) is 23.2 Å². The Balaban J connectivity index is 1.45. The zero-order valence-electron chi connectivity index (χ0n) is 17.5. The van der Waals surface area contributed by atoms with Gasteiger partial charge in [0.15, 0.2) is 11.5 Å². The van der Waals surface area contributed by atoms with Gasteiger partial charge in [0.2, 0.25) is 5.89 Å². The molecule has 31 heavy (non-hydrogen) atoms. The van der Waals surface area contributed by atoms with Crippen molar-refractivity contribution in [1.29, 1.82) is 0 Å². The van der Waals surface area contributed by atoms with E-state index in [-0.39, 0.29) is 0 Å². The van der Waals surface area contributed by atoms with Gasteiger partial charge in [-0.2, -0.15) is 0 Å². The molecule has 4 aromatic rings. The number of nitrogens with one attached hydrogen (secondary N) is 1. The Morgan fingerprint density at radius 2 is 1.77 bits per heavy atom. The van der Waals surface area contributed by atoms with Gasteiger partial charge in [0.25, 0.3) is 0 Å². The number of halogens is 1. The largest absolute Gasteiger partial charge is 0.493 e. The number of hydrogen-bond acceptors (Lipinski definition) is 5. The number of para-hydroxylation sites is 2. The van der Waals surface area contributed by atoms with Gasteiger partial charge in [-0.3, -0.25) is 0 Å². The zero-order valence-corrected chi connectivity index (χ0v) is 18.3. The van der Waals surface area contributed by atoms with Gasteiger partial charge in [0.05, 0.1) is 13.7 Å². The average molecular weight is 438 g/mol. The second-order valence-corrected chi connectivity index (χ2v) is 7.56. The lowest BCUT2D eigenvalue weighted by atomic mass is 10.1. The van der Waals surface area contributed by atoms with Gasteiger partial charge in [-0.05, 0) is 44.0 Å². The van der Waals surface area contributed by atoms with Gasteiger partial charge in [0.1, 0.15) is 23.0 Å². The first-order chi connectivity index (χ1) is 15.1. The summed E-state index contributed by atoms with van der Waals surface area (Å²) in [4.78, 5) is 12.2. The normalized spacial score (nSPS) is 10.9. The van der Waals surface area contributed by atoms with E-state index >= 15 is 0 Å². The summed E-state index contributed by atoms with van der Waals surface area (Å²) < 4.78 is 17.3. The highest BCUT2D eigenvalue weighted by Crippen LogP contribution is 2.31. The number of methoxy groups -OCH3 is 1. The summed E-state index contributed by atoms with van der Waals surface area (Å²) in [6, 6.07) is 15.3. The van der Waals surface area contributed by atoms with Crippen LogP contribution in [0.15, 0.2) is 59.1 Å². The average Bonchev–Trinajstić information content (AvgIpc) is 3.41. The minimum atomic E-state index is 0.509. The Morgan fingerprint density at radius 1 is 1.00 bits per heavy atom. The number of imidazole rings is 1. The first-order valence-corrected chi connectivity index (χ1v) is 10.6. The molecule has 0 saturated carbocycles. The molecule has 0 amide bonds. The van der Waals surface area contributed by atoms with Crippen LogP contribution in [0.5, 0.6) is 11.5 Å². The van der Waals surface area contributed by atoms with E-state index in [9.17, 15) is 0 Å². The Labute approximate surface area is 186 Å². The van der Waals surface area contributed by atoms with Crippen molar-refractivity contribution in [3.8, 4) is 34.3 Å². The first kappa shape index (κ1) is 21.0. The van der Waals surface area contributed by atoms with Crippen LogP contribution >= 0.6 is 11.6 Å². The highest BCUT2D eigenvalue weighted by Gasteiger charge is 2.18. The molecule has 1 N–H and O–H groups in total. The summed E-state index contributed by atoms with van der Waals surface area (Å²) in [6.45, 7) is 2.49. The Bertz CT molecular complexity index is 1140. The van der Waals surface area contributed by atoms with Crippen molar-refractivity contribution in [2.45, 2.75) is 26.2 Å². The van der Waals surface area contributed by atoms with Crippen LogP contribution in [0.25, 0.3) is 22.8 Å². The monoisotopic (exact) mass is 437 g/mol. The summed E-state index contributed by atoms with van der Waals surface area (Å²) in [6.07, 6.45) is 4.31. The third kappa shape index (κ3) is 5.09.